The van der Waals surface area contributed by atoms with Gasteiger partial charge >= 0.3 is 0 Å². The number of rotatable bonds is 4. The van der Waals surface area contributed by atoms with E-state index >= 15 is 0 Å². The Morgan fingerprint density at radius 2 is 1.96 bits per heavy atom. The van der Waals surface area contributed by atoms with Crippen molar-refractivity contribution in [1.29, 1.82) is 0 Å². The molecular weight excluding hydrogens is 338 g/mol. The van der Waals surface area contributed by atoms with Crippen molar-refractivity contribution >= 4 is 17.2 Å². The van der Waals surface area contributed by atoms with Gasteiger partial charge < -0.3 is 14.0 Å². The van der Waals surface area contributed by atoms with E-state index in [9.17, 15) is 0 Å². The quantitative estimate of drug-likeness (QED) is 0.663. The summed E-state index contributed by atoms with van der Waals surface area (Å²) in [6.07, 6.45) is 7.82. The summed E-state index contributed by atoms with van der Waals surface area (Å²) in [5.41, 5.74) is 3.56. The average Bonchev–Trinajstić information content (AvgIpc) is 3.04. The summed E-state index contributed by atoms with van der Waals surface area (Å²) in [6, 6.07) is 8.23. The molecule has 0 amide bonds. The minimum absolute atomic E-state index is 0.0720. The zero-order chi connectivity index (χ0) is 19.2. The molecule has 1 atom stereocenters. The van der Waals surface area contributed by atoms with E-state index in [2.05, 4.69) is 52.7 Å². The van der Waals surface area contributed by atoms with Crippen LogP contribution in [0.5, 0.6) is 11.5 Å². The van der Waals surface area contributed by atoms with Crippen LogP contribution in [0.1, 0.15) is 44.9 Å². The Bertz CT molecular complexity index is 1020. The van der Waals surface area contributed by atoms with Gasteiger partial charge in [0.25, 0.3) is 0 Å². The van der Waals surface area contributed by atoms with Gasteiger partial charge in [-0.25, -0.2) is 9.97 Å². The smallest absolute Gasteiger partial charge is 0.177 e. The summed E-state index contributed by atoms with van der Waals surface area (Å²) in [5.74, 6) is 2.03. The van der Waals surface area contributed by atoms with Gasteiger partial charge in [-0.15, -0.1) is 0 Å². The molecule has 4 rings (SSSR count). The van der Waals surface area contributed by atoms with Gasteiger partial charge in [0.1, 0.15) is 17.1 Å². The standard InChI is InChI=1S/C22H25N3O2/c1-14(2)19(25-13-24-21-17(25)7-6-12-23-21)16-8-9-18-15(20(16)26-5)10-11-22(3,4)27-18/h6-14,19H,1-5H3. The molecule has 2 aromatic heterocycles. The van der Waals surface area contributed by atoms with Crippen LogP contribution >= 0.6 is 0 Å². The lowest BCUT2D eigenvalue weighted by Crippen LogP contribution is -2.28. The van der Waals surface area contributed by atoms with E-state index in [1.165, 1.54) is 0 Å². The molecule has 5 heteroatoms. The van der Waals surface area contributed by atoms with Gasteiger partial charge in [-0.1, -0.05) is 13.8 Å². The van der Waals surface area contributed by atoms with Gasteiger partial charge in [-0.05, 0) is 56.2 Å². The van der Waals surface area contributed by atoms with Crippen LogP contribution in [0.15, 0.2) is 42.9 Å². The first-order valence-electron chi connectivity index (χ1n) is 9.28. The largest absolute Gasteiger partial charge is 0.496 e. The molecular formula is C22H25N3O2. The fourth-order valence-electron chi connectivity index (χ4n) is 3.83. The molecule has 5 nitrogen and oxygen atoms in total. The first kappa shape index (κ1) is 17.6. The van der Waals surface area contributed by atoms with Crippen molar-refractivity contribution in [2.75, 3.05) is 7.11 Å². The maximum Gasteiger partial charge on any atom is 0.177 e. The lowest BCUT2D eigenvalue weighted by Gasteiger charge is -2.31. The number of benzene rings is 1. The van der Waals surface area contributed by atoms with Gasteiger partial charge in [0, 0.05) is 11.8 Å². The predicted octanol–water partition coefficient (Wildman–Crippen LogP) is 4.87. The van der Waals surface area contributed by atoms with Crippen LogP contribution in [0.3, 0.4) is 0 Å². The number of hydrogen-bond acceptors (Lipinski definition) is 4. The number of methoxy groups -OCH3 is 1. The summed E-state index contributed by atoms with van der Waals surface area (Å²) in [6.45, 7) is 8.52. The molecule has 27 heavy (non-hydrogen) atoms. The number of fused-ring (bicyclic) bond motifs is 2. The van der Waals surface area contributed by atoms with Crippen molar-refractivity contribution < 1.29 is 9.47 Å². The number of ether oxygens (including phenoxy) is 2. The molecule has 1 aromatic carbocycles. The Morgan fingerprint density at radius 3 is 2.70 bits per heavy atom. The van der Waals surface area contributed by atoms with Crippen molar-refractivity contribution in [3.8, 4) is 11.5 Å². The van der Waals surface area contributed by atoms with Crippen LogP contribution in [0, 0.1) is 5.92 Å². The molecule has 0 radical (unpaired) electrons. The van der Waals surface area contributed by atoms with Gasteiger partial charge in [0.15, 0.2) is 5.65 Å². The molecule has 0 fully saturated rings. The number of imidazole rings is 1. The van der Waals surface area contributed by atoms with Crippen molar-refractivity contribution in [1.82, 2.24) is 14.5 Å². The van der Waals surface area contributed by atoms with Gasteiger partial charge in [0.2, 0.25) is 0 Å². The lowest BCUT2D eigenvalue weighted by atomic mass is 9.91. The Kier molecular flexibility index (Phi) is 4.17. The van der Waals surface area contributed by atoms with E-state index in [-0.39, 0.29) is 11.6 Å². The van der Waals surface area contributed by atoms with Crippen molar-refractivity contribution in [3.63, 3.8) is 0 Å². The zero-order valence-corrected chi connectivity index (χ0v) is 16.4. The molecule has 0 bridgehead atoms. The second-order valence-corrected chi connectivity index (χ2v) is 7.83. The highest BCUT2D eigenvalue weighted by molar-refractivity contribution is 5.72. The van der Waals surface area contributed by atoms with E-state index in [1.54, 1.807) is 13.3 Å². The minimum atomic E-state index is -0.316. The van der Waals surface area contributed by atoms with E-state index in [4.69, 9.17) is 9.47 Å². The van der Waals surface area contributed by atoms with E-state index < -0.39 is 0 Å². The first-order chi connectivity index (χ1) is 12.9. The molecule has 0 saturated heterocycles. The molecule has 1 unspecified atom stereocenters. The Balaban J connectivity index is 1.90. The lowest BCUT2D eigenvalue weighted by molar-refractivity contribution is 0.158. The normalized spacial score (nSPS) is 16.2. The number of pyridine rings is 1. The average molecular weight is 363 g/mol. The third kappa shape index (κ3) is 2.97. The van der Waals surface area contributed by atoms with Crippen LogP contribution in [-0.2, 0) is 0 Å². The highest BCUT2D eigenvalue weighted by Crippen LogP contribution is 2.43. The second kappa shape index (κ2) is 6.41. The summed E-state index contributed by atoms with van der Waals surface area (Å²) in [7, 11) is 1.72. The van der Waals surface area contributed by atoms with E-state index in [0.29, 0.717) is 5.92 Å². The molecule has 0 spiro atoms. The summed E-state index contributed by atoms with van der Waals surface area (Å²) in [4.78, 5) is 8.85. The van der Waals surface area contributed by atoms with Crippen LogP contribution in [0.25, 0.3) is 17.2 Å². The van der Waals surface area contributed by atoms with E-state index in [1.807, 2.05) is 32.3 Å². The molecule has 0 saturated carbocycles. The van der Waals surface area contributed by atoms with E-state index in [0.717, 1.165) is 33.8 Å². The van der Waals surface area contributed by atoms with Crippen LogP contribution in [0.2, 0.25) is 0 Å². The Morgan fingerprint density at radius 1 is 1.15 bits per heavy atom. The molecule has 3 heterocycles. The molecule has 1 aliphatic heterocycles. The topological polar surface area (TPSA) is 49.2 Å². The number of nitrogens with zero attached hydrogens (tertiary/aromatic N) is 3. The number of aromatic nitrogens is 3. The molecule has 0 N–H and O–H groups in total. The van der Waals surface area contributed by atoms with Crippen LogP contribution in [0.4, 0.5) is 0 Å². The molecule has 1 aliphatic rings. The zero-order valence-electron chi connectivity index (χ0n) is 16.4. The highest BCUT2D eigenvalue weighted by Gasteiger charge is 2.29. The maximum absolute atomic E-state index is 6.12. The fraction of sp³-hybridized carbons (Fsp3) is 0.364. The second-order valence-electron chi connectivity index (χ2n) is 7.83. The SMILES string of the molecule is COc1c(C(C(C)C)n2cnc3ncccc32)ccc2c1C=CC(C)(C)O2. The fourth-order valence-corrected chi connectivity index (χ4v) is 3.83. The summed E-state index contributed by atoms with van der Waals surface area (Å²) in [5, 5.41) is 0. The summed E-state index contributed by atoms with van der Waals surface area (Å²) < 4.78 is 14.2. The van der Waals surface area contributed by atoms with Gasteiger partial charge in [0.05, 0.1) is 30.6 Å². The van der Waals surface area contributed by atoms with Gasteiger partial charge in [-0.2, -0.15) is 0 Å². The minimum Gasteiger partial charge on any atom is -0.496 e. The molecule has 3 aromatic rings. The van der Waals surface area contributed by atoms with Crippen LogP contribution < -0.4 is 9.47 Å². The Labute approximate surface area is 159 Å². The van der Waals surface area contributed by atoms with Crippen LogP contribution in [-0.4, -0.2) is 27.2 Å². The summed E-state index contributed by atoms with van der Waals surface area (Å²) >= 11 is 0. The molecule has 0 aliphatic carbocycles. The van der Waals surface area contributed by atoms with Crippen molar-refractivity contribution in [2.24, 2.45) is 5.92 Å². The maximum atomic E-state index is 6.12. The Hall–Kier alpha value is -2.82. The predicted molar refractivity (Wildman–Crippen MR) is 107 cm³/mol. The monoisotopic (exact) mass is 363 g/mol. The third-order valence-electron chi connectivity index (χ3n) is 5.01. The number of hydrogen-bond donors (Lipinski definition) is 0. The highest BCUT2D eigenvalue weighted by atomic mass is 16.5. The van der Waals surface area contributed by atoms with Crippen molar-refractivity contribution in [3.05, 3.63) is 54.0 Å². The molecule has 140 valence electrons. The first-order valence-corrected chi connectivity index (χ1v) is 9.28. The third-order valence-corrected chi connectivity index (χ3v) is 5.01. The van der Waals surface area contributed by atoms with Gasteiger partial charge in [-0.3, -0.25) is 0 Å². The van der Waals surface area contributed by atoms with Crippen molar-refractivity contribution in [2.45, 2.75) is 39.3 Å².